The van der Waals surface area contributed by atoms with Crippen LogP contribution in [0.4, 0.5) is 11.4 Å². The molecule has 32 heavy (non-hydrogen) atoms. The van der Waals surface area contributed by atoms with Crippen LogP contribution in [0.25, 0.3) is 0 Å². The van der Waals surface area contributed by atoms with Gasteiger partial charge < -0.3 is 20.1 Å². The second-order valence-electron chi connectivity index (χ2n) is 6.67. The molecule has 9 heteroatoms. The molecule has 3 aromatic carbocycles. The van der Waals surface area contributed by atoms with Gasteiger partial charge >= 0.3 is 0 Å². The van der Waals surface area contributed by atoms with Crippen molar-refractivity contribution < 1.29 is 19.1 Å². The van der Waals surface area contributed by atoms with E-state index in [-0.39, 0.29) is 18.4 Å². The lowest BCUT2D eigenvalue weighted by atomic mass is 10.2. The number of carbonyl (C=O) groups excluding carboxylic acids is 2. The summed E-state index contributed by atoms with van der Waals surface area (Å²) in [4.78, 5) is 24.5. The first-order valence-electron chi connectivity index (χ1n) is 9.51. The number of rotatable bonds is 8. The van der Waals surface area contributed by atoms with Gasteiger partial charge in [-0.15, -0.1) is 0 Å². The molecule has 0 saturated carbocycles. The van der Waals surface area contributed by atoms with Crippen molar-refractivity contribution in [2.75, 3.05) is 17.2 Å². The molecular weight excluding hydrogens is 519 g/mol. The van der Waals surface area contributed by atoms with E-state index in [4.69, 9.17) is 32.7 Å². The summed E-state index contributed by atoms with van der Waals surface area (Å²) in [5.41, 5.74) is 1.11. The van der Waals surface area contributed by atoms with Crippen molar-refractivity contribution in [1.82, 2.24) is 0 Å². The average Bonchev–Trinajstić information content (AvgIpc) is 2.76. The number of hydrogen-bond acceptors (Lipinski definition) is 4. The summed E-state index contributed by atoms with van der Waals surface area (Å²) in [6.45, 7) is 1.43. The van der Waals surface area contributed by atoms with E-state index in [1.165, 1.54) is 0 Å². The standard InChI is InChI=1S/C23H19BrCl2N2O4/c1-14(32-21-5-3-2-4-18(21)25)23(30)28-17-9-7-16(8-10-17)27-22(29)13-31-20-11-6-15(24)12-19(20)26/h2-12,14H,13H2,1H3,(H,27,29)(H,28,30). The van der Waals surface area contributed by atoms with Gasteiger partial charge in [0.25, 0.3) is 11.8 Å². The number of nitrogens with one attached hydrogen (secondary N) is 2. The number of anilines is 2. The van der Waals surface area contributed by atoms with Crippen molar-refractivity contribution in [3.8, 4) is 11.5 Å². The van der Waals surface area contributed by atoms with Crippen LogP contribution in [0.5, 0.6) is 11.5 Å². The number of carbonyl (C=O) groups is 2. The van der Waals surface area contributed by atoms with E-state index in [2.05, 4.69) is 26.6 Å². The van der Waals surface area contributed by atoms with Crippen molar-refractivity contribution in [1.29, 1.82) is 0 Å². The zero-order valence-corrected chi connectivity index (χ0v) is 20.0. The van der Waals surface area contributed by atoms with Gasteiger partial charge in [-0.3, -0.25) is 9.59 Å². The van der Waals surface area contributed by atoms with E-state index in [0.717, 1.165) is 4.47 Å². The molecule has 2 N–H and O–H groups in total. The molecule has 1 atom stereocenters. The van der Waals surface area contributed by atoms with Crippen molar-refractivity contribution in [3.63, 3.8) is 0 Å². The van der Waals surface area contributed by atoms with Gasteiger partial charge in [-0.1, -0.05) is 51.3 Å². The van der Waals surface area contributed by atoms with Gasteiger partial charge in [-0.25, -0.2) is 0 Å². The summed E-state index contributed by atoms with van der Waals surface area (Å²) in [6, 6.07) is 18.7. The van der Waals surface area contributed by atoms with Gasteiger partial charge in [0, 0.05) is 15.8 Å². The molecule has 0 bridgehead atoms. The number of ether oxygens (including phenoxy) is 2. The van der Waals surface area contributed by atoms with E-state index in [1.807, 2.05) is 0 Å². The Bertz CT molecular complexity index is 1110. The monoisotopic (exact) mass is 536 g/mol. The summed E-state index contributed by atoms with van der Waals surface area (Å²) in [7, 11) is 0. The highest BCUT2D eigenvalue weighted by molar-refractivity contribution is 9.10. The first-order chi connectivity index (χ1) is 15.3. The Morgan fingerprint density at radius 3 is 2.22 bits per heavy atom. The van der Waals surface area contributed by atoms with Gasteiger partial charge in [-0.2, -0.15) is 0 Å². The quantitative estimate of drug-likeness (QED) is 0.359. The molecule has 3 aromatic rings. The molecule has 3 rings (SSSR count). The van der Waals surface area contributed by atoms with Gasteiger partial charge in [0.1, 0.15) is 11.5 Å². The van der Waals surface area contributed by atoms with E-state index >= 15 is 0 Å². The Hall–Kier alpha value is -2.74. The molecule has 0 aromatic heterocycles. The van der Waals surface area contributed by atoms with Crippen LogP contribution in [0.2, 0.25) is 10.0 Å². The van der Waals surface area contributed by atoms with E-state index < -0.39 is 6.10 Å². The Labute approximate surface area is 203 Å². The molecule has 2 amide bonds. The molecule has 166 valence electrons. The third-order valence-electron chi connectivity index (χ3n) is 4.20. The highest BCUT2D eigenvalue weighted by Gasteiger charge is 2.16. The highest BCUT2D eigenvalue weighted by atomic mass is 79.9. The highest BCUT2D eigenvalue weighted by Crippen LogP contribution is 2.28. The molecule has 0 saturated heterocycles. The molecule has 0 aliphatic carbocycles. The molecule has 0 fully saturated rings. The minimum Gasteiger partial charge on any atom is -0.482 e. The van der Waals surface area contributed by atoms with Crippen LogP contribution in [-0.2, 0) is 9.59 Å². The largest absolute Gasteiger partial charge is 0.482 e. The summed E-state index contributed by atoms with van der Waals surface area (Å²) >= 11 is 15.4. The van der Waals surface area contributed by atoms with Gasteiger partial charge in [-0.05, 0) is 61.5 Å². The van der Waals surface area contributed by atoms with Crippen molar-refractivity contribution in [2.45, 2.75) is 13.0 Å². The zero-order chi connectivity index (χ0) is 23.1. The Morgan fingerprint density at radius 2 is 1.56 bits per heavy atom. The summed E-state index contributed by atoms with van der Waals surface area (Å²) in [5.74, 6) is 0.168. The molecule has 0 radical (unpaired) electrons. The van der Waals surface area contributed by atoms with Crippen LogP contribution < -0.4 is 20.1 Å². The number of halogens is 3. The van der Waals surface area contributed by atoms with Crippen LogP contribution in [0.15, 0.2) is 71.2 Å². The number of amides is 2. The lowest BCUT2D eigenvalue weighted by Gasteiger charge is -2.16. The molecule has 0 spiro atoms. The maximum Gasteiger partial charge on any atom is 0.265 e. The maximum atomic E-state index is 12.4. The van der Waals surface area contributed by atoms with Gasteiger partial charge in [0.2, 0.25) is 0 Å². The van der Waals surface area contributed by atoms with Crippen LogP contribution in [0, 0.1) is 0 Å². The smallest absolute Gasteiger partial charge is 0.265 e. The molecule has 6 nitrogen and oxygen atoms in total. The van der Waals surface area contributed by atoms with Crippen LogP contribution in [-0.4, -0.2) is 24.5 Å². The number of para-hydroxylation sites is 1. The van der Waals surface area contributed by atoms with Crippen molar-refractivity contribution in [3.05, 3.63) is 81.2 Å². The normalized spacial score (nSPS) is 11.4. The second kappa shape index (κ2) is 11.2. The van der Waals surface area contributed by atoms with Crippen molar-refractivity contribution in [2.24, 2.45) is 0 Å². The van der Waals surface area contributed by atoms with E-state index in [0.29, 0.717) is 32.9 Å². The number of benzene rings is 3. The maximum absolute atomic E-state index is 12.4. The fourth-order valence-electron chi connectivity index (χ4n) is 2.60. The molecule has 0 aliphatic rings. The molecule has 0 aliphatic heterocycles. The van der Waals surface area contributed by atoms with E-state index in [9.17, 15) is 9.59 Å². The average molecular weight is 538 g/mol. The predicted octanol–water partition coefficient (Wildman–Crippen LogP) is 6.18. The fourth-order valence-corrected chi connectivity index (χ4v) is 3.51. The lowest BCUT2D eigenvalue weighted by Crippen LogP contribution is -2.30. The third kappa shape index (κ3) is 6.88. The van der Waals surface area contributed by atoms with Gasteiger partial charge in [0.05, 0.1) is 10.0 Å². The Morgan fingerprint density at radius 1 is 0.906 bits per heavy atom. The van der Waals surface area contributed by atoms with Gasteiger partial charge in [0.15, 0.2) is 12.7 Å². The lowest BCUT2D eigenvalue weighted by molar-refractivity contribution is -0.122. The SMILES string of the molecule is CC(Oc1ccccc1Cl)C(=O)Nc1ccc(NC(=O)COc2ccc(Br)cc2Cl)cc1. The molecule has 1 unspecified atom stereocenters. The van der Waals surface area contributed by atoms with Crippen molar-refractivity contribution >= 4 is 62.3 Å². The number of hydrogen-bond donors (Lipinski definition) is 2. The predicted molar refractivity (Wildman–Crippen MR) is 130 cm³/mol. The Kier molecular flexibility index (Phi) is 8.39. The topological polar surface area (TPSA) is 76.7 Å². The summed E-state index contributed by atoms with van der Waals surface area (Å²) in [6.07, 6.45) is -0.753. The first kappa shape index (κ1) is 23.9. The molecule has 0 heterocycles. The zero-order valence-electron chi connectivity index (χ0n) is 16.9. The minimum atomic E-state index is -0.753. The van der Waals surface area contributed by atoms with E-state index in [1.54, 1.807) is 73.7 Å². The first-order valence-corrected chi connectivity index (χ1v) is 11.1. The fraction of sp³-hybridized carbons (Fsp3) is 0.130. The molecular formula is C23H19BrCl2N2O4. The third-order valence-corrected chi connectivity index (χ3v) is 5.30. The summed E-state index contributed by atoms with van der Waals surface area (Å²) < 4.78 is 11.9. The Balaban J connectivity index is 1.49. The second-order valence-corrected chi connectivity index (χ2v) is 8.40. The van der Waals surface area contributed by atoms with Crippen LogP contribution in [0.1, 0.15) is 6.92 Å². The van der Waals surface area contributed by atoms with Crippen LogP contribution >= 0.6 is 39.1 Å². The summed E-state index contributed by atoms with van der Waals surface area (Å²) in [5, 5.41) is 6.31. The minimum absolute atomic E-state index is 0.198. The van der Waals surface area contributed by atoms with Crippen LogP contribution in [0.3, 0.4) is 0 Å².